The largest absolute Gasteiger partial charge is 0.507 e. The third-order valence-electron chi connectivity index (χ3n) is 8.86. The first-order valence-corrected chi connectivity index (χ1v) is 20.0. The van der Waals surface area contributed by atoms with Crippen LogP contribution in [0.4, 0.5) is 34.1 Å². The number of hydrogen-bond donors (Lipinski definition) is 5. The van der Waals surface area contributed by atoms with Gasteiger partial charge in [0.1, 0.15) is 5.75 Å². The number of phenolic OH excluding ortho intramolecular Hbond substituents is 1. The number of carbonyl (C=O) groups excluding carboxylic acids is 2. The van der Waals surface area contributed by atoms with Gasteiger partial charge in [0, 0.05) is 44.7 Å². The summed E-state index contributed by atoms with van der Waals surface area (Å²) in [7, 11) is -9.15. The molecular weight excluding hydrogens is 785 g/mol. The van der Waals surface area contributed by atoms with Crippen molar-refractivity contribution in [2.75, 3.05) is 10.6 Å². The topological polar surface area (TPSA) is 237 Å². The number of fused-ring (bicyclic) bond motifs is 2. The highest BCUT2D eigenvalue weighted by Gasteiger charge is 2.17. The lowest BCUT2D eigenvalue weighted by atomic mass is 10.1. The molecule has 0 aliphatic heterocycles. The van der Waals surface area contributed by atoms with Crippen LogP contribution in [0.3, 0.4) is 0 Å². The molecule has 58 heavy (non-hydrogen) atoms. The number of azo groups is 2. The number of nitrogens with one attached hydrogen (secondary N) is 2. The van der Waals surface area contributed by atoms with Crippen molar-refractivity contribution in [1.82, 2.24) is 0 Å². The summed E-state index contributed by atoms with van der Waals surface area (Å²) >= 11 is 0. The van der Waals surface area contributed by atoms with Gasteiger partial charge in [0.15, 0.2) is 0 Å². The molecular formula is C41H30N6O9S2. The molecule has 5 N–H and O–H groups in total. The molecule has 7 aromatic carbocycles. The zero-order valence-corrected chi connectivity index (χ0v) is 31.7. The minimum absolute atomic E-state index is 0.234. The van der Waals surface area contributed by atoms with Crippen LogP contribution in [0.2, 0.25) is 0 Å². The van der Waals surface area contributed by atoms with E-state index in [9.17, 15) is 40.6 Å². The van der Waals surface area contributed by atoms with Gasteiger partial charge in [0.2, 0.25) is 0 Å². The van der Waals surface area contributed by atoms with Crippen LogP contribution in [-0.2, 0) is 20.2 Å². The predicted molar refractivity (Wildman–Crippen MR) is 218 cm³/mol. The minimum atomic E-state index is -4.60. The summed E-state index contributed by atoms with van der Waals surface area (Å²) in [6.07, 6.45) is 0. The van der Waals surface area contributed by atoms with E-state index in [-0.39, 0.29) is 33.2 Å². The number of carbonyl (C=O) groups is 2. The summed E-state index contributed by atoms with van der Waals surface area (Å²) in [5, 5.41) is 34.4. The molecule has 0 aliphatic rings. The zero-order chi connectivity index (χ0) is 41.2. The fourth-order valence-electron chi connectivity index (χ4n) is 5.92. The molecule has 0 heterocycles. The van der Waals surface area contributed by atoms with Gasteiger partial charge >= 0.3 is 0 Å². The Balaban J connectivity index is 1.11. The summed E-state index contributed by atoms with van der Waals surface area (Å²) in [5.41, 5.74) is 3.72. The summed E-state index contributed by atoms with van der Waals surface area (Å²) in [6.45, 7) is 1.77. The molecule has 0 aromatic heterocycles. The number of aromatic hydroxyl groups is 1. The Labute approximate surface area is 330 Å². The van der Waals surface area contributed by atoms with Crippen LogP contribution in [-0.4, -0.2) is 42.9 Å². The van der Waals surface area contributed by atoms with Crippen molar-refractivity contribution in [3.05, 3.63) is 150 Å². The monoisotopic (exact) mass is 814 g/mol. The Hall–Kier alpha value is -7.18. The van der Waals surface area contributed by atoms with Crippen molar-refractivity contribution >= 4 is 87.7 Å². The summed E-state index contributed by atoms with van der Waals surface area (Å²) in [6, 6.07) is 33.7. The van der Waals surface area contributed by atoms with Crippen LogP contribution in [0.5, 0.6) is 5.75 Å². The molecule has 0 radical (unpaired) electrons. The van der Waals surface area contributed by atoms with Crippen LogP contribution in [0.25, 0.3) is 21.5 Å². The first-order chi connectivity index (χ1) is 27.6. The molecule has 17 heteroatoms. The Morgan fingerprint density at radius 3 is 1.83 bits per heavy atom. The first-order valence-electron chi connectivity index (χ1n) is 17.1. The number of nitrogens with zero attached hydrogens (tertiary/aromatic N) is 4. The summed E-state index contributed by atoms with van der Waals surface area (Å²) in [4.78, 5) is 25.0. The molecule has 15 nitrogen and oxygen atoms in total. The second-order valence-corrected chi connectivity index (χ2v) is 15.7. The van der Waals surface area contributed by atoms with Crippen molar-refractivity contribution in [2.24, 2.45) is 20.5 Å². The quantitative estimate of drug-likeness (QED) is 0.0651. The fourth-order valence-corrected chi connectivity index (χ4v) is 6.96. The van der Waals surface area contributed by atoms with E-state index < -0.39 is 31.0 Å². The van der Waals surface area contributed by atoms with E-state index in [0.717, 1.165) is 6.07 Å². The Bertz CT molecular complexity index is 3070. The number of rotatable bonds is 10. The van der Waals surface area contributed by atoms with Crippen LogP contribution in [0.1, 0.15) is 26.3 Å². The smallest absolute Gasteiger partial charge is 0.294 e. The molecule has 7 rings (SSSR count). The Morgan fingerprint density at radius 1 is 0.534 bits per heavy atom. The maximum absolute atomic E-state index is 13.3. The van der Waals surface area contributed by atoms with Gasteiger partial charge in [-0.3, -0.25) is 18.7 Å². The highest BCUT2D eigenvalue weighted by molar-refractivity contribution is 7.86. The van der Waals surface area contributed by atoms with Gasteiger partial charge in [-0.05, 0) is 121 Å². The summed E-state index contributed by atoms with van der Waals surface area (Å²) < 4.78 is 66.6. The number of amides is 2. The van der Waals surface area contributed by atoms with Gasteiger partial charge in [-0.25, -0.2) is 0 Å². The van der Waals surface area contributed by atoms with Crippen molar-refractivity contribution in [2.45, 2.75) is 16.7 Å². The normalized spacial score (nSPS) is 12.1. The molecule has 0 unspecified atom stereocenters. The van der Waals surface area contributed by atoms with E-state index in [4.69, 9.17) is 0 Å². The highest BCUT2D eigenvalue weighted by atomic mass is 32.2. The van der Waals surface area contributed by atoms with E-state index in [0.29, 0.717) is 55.7 Å². The van der Waals surface area contributed by atoms with Gasteiger partial charge in [0.05, 0.1) is 32.5 Å². The third kappa shape index (κ3) is 8.77. The molecule has 0 aliphatic carbocycles. The standard InChI is InChI=1S/C41H30N6O9S2/c1-24-19-29(12-16-36(24)46-45-30-11-14-33-27(20-30)21-32(23-39(33)48)58(54,55)56)44-47-38-18-17-37(34-15-13-31(22-35(34)38)57(51,52)53)43-41(50)26-7-9-28(10-8-26)42-40(49)25-5-3-2-4-6-25/h2-23,48H,1H3,(H,42,49)(H,43,50)(H,51,52,53)(H,54,55,56). The molecule has 290 valence electrons. The van der Waals surface area contributed by atoms with Crippen molar-refractivity contribution < 1.29 is 40.6 Å². The molecule has 0 saturated heterocycles. The molecule has 7 aromatic rings. The minimum Gasteiger partial charge on any atom is -0.507 e. The molecule has 2 amide bonds. The van der Waals surface area contributed by atoms with Crippen LogP contribution < -0.4 is 10.6 Å². The molecule has 0 saturated carbocycles. The first kappa shape index (κ1) is 39.1. The van der Waals surface area contributed by atoms with Gasteiger partial charge < -0.3 is 15.7 Å². The fraction of sp³-hybridized carbons (Fsp3) is 0.0244. The third-order valence-corrected chi connectivity index (χ3v) is 10.5. The van der Waals surface area contributed by atoms with Gasteiger partial charge in [-0.15, -0.1) is 5.11 Å². The zero-order valence-electron chi connectivity index (χ0n) is 30.1. The van der Waals surface area contributed by atoms with Crippen LogP contribution in [0.15, 0.2) is 164 Å². The maximum atomic E-state index is 13.3. The maximum Gasteiger partial charge on any atom is 0.294 e. The highest BCUT2D eigenvalue weighted by Crippen LogP contribution is 2.36. The van der Waals surface area contributed by atoms with Gasteiger partial charge in [-0.2, -0.15) is 32.2 Å². The Kier molecular flexibility index (Phi) is 10.6. The second-order valence-electron chi connectivity index (χ2n) is 12.9. The molecule has 0 spiro atoms. The molecule has 0 atom stereocenters. The van der Waals surface area contributed by atoms with Crippen molar-refractivity contribution in [3.8, 4) is 5.75 Å². The number of hydrogen-bond acceptors (Lipinski definition) is 11. The van der Waals surface area contributed by atoms with Crippen LogP contribution >= 0.6 is 0 Å². The van der Waals surface area contributed by atoms with E-state index >= 15 is 0 Å². The van der Waals surface area contributed by atoms with Crippen molar-refractivity contribution in [3.63, 3.8) is 0 Å². The summed E-state index contributed by atoms with van der Waals surface area (Å²) in [5.74, 6) is -1.10. The lowest BCUT2D eigenvalue weighted by Gasteiger charge is -2.12. The lowest BCUT2D eigenvalue weighted by Crippen LogP contribution is -2.14. The van der Waals surface area contributed by atoms with E-state index in [1.807, 2.05) is 0 Å². The van der Waals surface area contributed by atoms with Crippen molar-refractivity contribution in [1.29, 1.82) is 0 Å². The number of phenols is 1. The van der Waals surface area contributed by atoms with Gasteiger partial charge in [0.25, 0.3) is 32.1 Å². The average molecular weight is 815 g/mol. The van der Waals surface area contributed by atoms with E-state index in [1.54, 1.807) is 97.9 Å². The molecule has 0 bridgehead atoms. The number of anilines is 2. The number of aryl methyl sites for hydroxylation is 1. The predicted octanol–water partition coefficient (Wildman–Crippen LogP) is 9.84. The van der Waals surface area contributed by atoms with Gasteiger partial charge in [-0.1, -0.05) is 24.3 Å². The average Bonchev–Trinajstić information content (AvgIpc) is 3.19. The number of benzene rings is 7. The van der Waals surface area contributed by atoms with Crippen LogP contribution in [0, 0.1) is 6.92 Å². The Morgan fingerprint density at radius 2 is 1.14 bits per heavy atom. The lowest BCUT2D eigenvalue weighted by molar-refractivity contribution is 0.102. The SMILES string of the molecule is Cc1cc(N=Nc2ccc(NC(=O)c3ccc(NC(=O)c4ccccc4)cc3)c3ccc(S(=O)(=O)O)cc23)ccc1N=Nc1ccc2c(O)cc(S(=O)(=O)O)cc2c1. The van der Waals surface area contributed by atoms with E-state index in [2.05, 4.69) is 31.1 Å². The molecule has 0 fully saturated rings. The van der Waals surface area contributed by atoms with E-state index in [1.165, 1.54) is 36.4 Å². The second kappa shape index (κ2) is 15.8.